The Balaban J connectivity index is 2.86. The van der Waals surface area contributed by atoms with Crippen molar-refractivity contribution in [3.8, 4) is 0 Å². The Bertz CT molecular complexity index is 520. The Hall–Kier alpha value is -1.47. The molecular weight excluding hydrogens is 340 g/mol. The molecule has 1 N–H and O–H groups in total. The molecule has 0 saturated carbocycles. The first-order valence-corrected chi connectivity index (χ1v) is 7.38. The number of halogens is 1. The van der Waals surface area contributed by atoms with E-state index in [1.807, 2.05) is 13.8 Å². The van der Waals surface area contributed by atoms with Crippen LogP contribution in [-0.4, -0.2) is 24.0 Å². The minimum absolute atomic E-state index is 0.0267. The lowest BCUT2D eigenvalue weighted by Crippen LogP contribution is -2.38. The predicted molar refractivity (Wildman–Crippen MR) is 82.9 cm³/mol. The fraction of sp³-hybridized carbons (Fsp3) is 0.500. The molecule has 0 aromatic heterocycles. The maximum absolute atomic E-state index is 11.7. The number of carbonyl (C=O) groups excluding carboxylic acids is 1. The highest BCUT2D eigenvalue weighted by Crippen LogP contribution is 2.23. The first kappa shape index (κ1) is 17.6. The van der Waals surface area contributed by atoms with Gasteiger partial charge in [0.15, 0.2) is 0 Å². The number of benzene rings is 1. The van der Waals surface area contributed by atoms with Crippen LogP contribution in [0.15, 0.2) is 22.7 Å². The summed E-state index contributed by atoms with van der Waals surface area (Å²) >= 11 is 3.29. The van der Waals surface area contributed by atoms with Crippen LogP contribution < -0.4 is 5.32 Å². The second-order valence-corrected chi connectivity index (χ2v) is 6.03. The SMILES string of the molecule is COC(=O)C(CC(C)C)NCc1cc(Br)ccc1[N+](=O)[O-]. The van der Waals surface area contributed by atoms with E-state index in [1.54, 1.807) is 12.1 Å². The minimum Gasteiger partial charge on any atom is -0.468 e. The van der Waals surface area contributed by atoms with E-state index >= 15 is 0 Å². The number of nitrogens with one attached hydrogen (secondary N) is 1. The molecule has 0 spiro atoms. The van der Waals surface area contributed by atoms with Gasteiger partial charge in [-0.3, -0.25) is 14.9 Å². The van der Waals surface area contributed by atoms with Gasteiger partial charge in [-0.2, -0.15) is 0 Å². The maximum atomic E-state index is 11.7. The summed E-state index contributed by atoms with van der Waals surface area (Å²) < 4.78 is 5.51. The number of ether oxygens (including phenoxy) is 1. The molecule has 0 saturated heterocycles. The number of methoxy groups -OCH3 is 1. The first-order valence-electron chi connectivity index (χ1n) is 6.59. The number of esters is 1. The highest BCUT2D eigenvalue weighted by atomic mass is 79.9. The number of carbonyl (C=O) groups is 1. The number of hydrogen-bond donors (Lipinski definition) is 1. The quantitative estimate of drug-likeness (QED) is 0.460. The van der Waals surface area contributed by atoms with Crippen LogP contribution in [0.1, 0.15) is 25.8 Å². The molecule has 0 fully saturated rings. The van der Waals surface area contributed by atoms with E-state index in [0.717, 1.165) is 4.47 Å². The summed E-state index contributed by atoms with van der Waals surface area (Å²) in [4.78, 5) is 22.3. The van der Waals surface area contributed by atoms with Crippen molar-refractivity contribution in [1.29, 1.82) is 0 Å². The fourth-order valence-corrected chi connectivity index (χ4v) is 2.39. The number of nitro benzene ring substituents is 1. The predicted octanol–water partition coefficient (Wildman–Crippen LogP) is 3.03. The molecular formula is C14H19BrN2O4. The third kappa shape index (κ3) is 5.43. The molecule has 0 aliphatic carbocycles. The number of hydrogen-bond acceptors (Lipinski definition) is 5. The molecule has 7 heteroatoms. The molecule has 21 heavy (non-hydrogen) atoms. The van der Waals surface area contributed by atoms with Gasteiger partial charge in [0.25, 0.3) is 5.69 Å². The van der Waals surface area contributed by atoms with E-state index in [9.17, 15) is 14.9 Å². The van der Waals surface area contributed by atoms with Crippen molar-refractivity contribution < 1.29 is 14.5 Å². The summed E-state index contributed by atoms with van der Waals surface area (Å²) in [5.41, 5.74) is 0.547. The van der Waals surface area contributed by atoms with Gasteiger partial charge in [0, 0.05) is 22.6 Å². The van der Waals surface area contributed by atoms with Gasteiger partial charge in [-0.25, -0.2) is 0 Å². The highest BCUT2D eigenvalue weighted by molar-refractivity contribution is 9.10. The van der Waals surface area contributed by atoms with Crippen molar-refractivity contribution in [2.24, 2.45) is 5.92 Å². The first-order chi connectivity index (χ1) is 9.85. The van der Waals surface area contributed by atoms with Crippen LogP contribution in [0, 0.1) is 16.0 Å². The van der Waals surface area contributed by atoms with E-state index in [-0.39, 0.29) is 18.2 Å². The molecule has 1 rings (SSSR count). The lowest BCUT2D eigenvalue weighted by atomic mass is 10.0. The van der Waals surface area contributed by atoms with Gasteiger partial charge in [0.1, 0.15) is 6.04 Å². The Morgan fingerprint density at radius 3 is 2.67 bits per heavy atom. The van der Waals surface area contributed by atoms with Crippen molar-refractivity contribution in [3.63, 3.8) is 0 Å². The van der Waals surface area contributed by atoms with Gasteiger partial charge in [-0.1, -0.05) is 29.8 Å². The number of nitrogens with zero attached hydrogens (tertiary/aromatic N) is 1. The summed E-state index contributed by atoms with van der Waals surface area (Å²) in [7, 11) is 1.33. The summed E-state index contributed by atoms with van der Waals surface area (Å²) in [6.07, 6.45) is 0.606. The molecule has 116 valence electrons. The molecule has 1 aromatic carbocycles. The molecule has 0 bridgehead atoms. The monoisotopic (exact) mass is 358 g/mol. The second kappa shape index (κ2) is 8.09. The van der Waals surface area contributed by atoms with Crippen LogP contribution >= 0.6 is 15.9 Å². The zero-order chi connectivity index (χ0) is 16.0. The normalized spacial score (nSPS) is 12.2. The van der Waals surface area contributed by atoms with Gasteiger partial charge >= 0.3 is 5.97 Å². The minimum atomic E-state index is -0.478. The third-order valence-electron chi connectivity index (χ3n) is 2.97. The highest BCUT2D eigenvalue weighted by Gasteiger charge is 2.21. The molecule has 0 radical (unpaired) electrons. The third-order valence-corrected chi connectivity index (χ3v) is 3.46. The van der Waals surface area contributed by atoms with Crippen LogP contribution in [0.25, 0.3) is 0 Å². The molecule has 0 aliphatic rings. The zero-order valence-corrected chi connectivity index (χ0v) is 13.8. The van der Waals surface area contributed by atoms with E-state index in [0.29, 0.717) is 17.9 Å². The van der Waals surface area contributed by atoms with E-state index in [4.69, 9.17) is 4.74 Å². The van der Waals surface area contributed by atoms with Gasteiger partial charge in [0.2, 0.25) is 0 Å². The summed E-state index contributed by atoms with van der Waals surface area (Å²) in [5, 5.41) is 14.1. The Morgan fingerprint density at radius 2 is 2.14 bits per heavy atom. The summed E-state index contributed by atoms with van der Waals surface area (Å²) in [5.74, 6) is -0.0551. The number of rotatable bonds is 7. The van der Waals surface area contributed by atoms with Gasteiger partial charge in [0.05, 0.1) is 12.0 Å². The fourth-order valence-electron chi connectivity index (χ4n) is 1.98. The van der Waals surface area contributed by atoms with Gasteiger partial charge < -0.3 is 10.1 Å². The number of nitro groups is 1. The van der Waals surface area contributed by atoms with E-state index in [2.05, 4.69) is 21.2 Å². The zero-order valence-electron chi connectivity index (χ0n) is 12.3. The van der Waals surface area contributed by atoms with Crippen LogP contribution in [0.3, 0.4) is 0 Å². The van der Waals surface area contributed by atoms with Crippen molar-refractivity contribution in [3.05, 3.63) is 38.3 Å². The molecule has 6 nitrogen and oxygen atoms in total. The average molecular weight is 359 g/mol. The summed E-state index contributed by atoms with van der Waals surface area (Å²) in [6.45, 7) is 4.22. The largest absolute Gasteiger partial charge is 0.468 e. The second-order valence-electron chi connectivity index (χ2n) is 5.12. The van der Waals surface area contributed by atoms with Crippen molar-refractivity contribution >= 4 is 27.6 Å². The lowest BCUT2D eigenvalue weighted by Gasteiger charge is -2.18. The van der Waals surface area contributed by atoms with E-state index < -0.39 is 11.0 Å². The molecule has 0 aliphatic heterocycles. The average Bonchev–Trinajstić information content (AvgIpc) is 2.41. The Labute approximate surface area is 132 Å². The van der Waals surface area contributed by atoms with Crippen LogP contribution in [0.5, 0.6) is 0 Å². The molecule has 0 amide bonds. The van der Waals surface area contributed by atoms with Crippen molar-refractivity contribution in [2.45, 2.75) is 32.9 Å². The van der Waals surface area contributed by atoms with Gasteiger partial charge in [-0.05, 0) is 24.5 Å². The smallest absolute Gasteiger partial charge is 0.322 e. The maximum Gasteiger partial charge on any atom is 0.322 e. The Kier molecular flexibility index (Phi) is 6.77. The molecule has 1 unspecified atom stereocenters. The van der Waals surface area contributed by atoms with Crippen LogP contribution in [0.4, 0.5) is 5.69 Å². The van der Waals surface area contributed by atoms with Crippen molar-refractivity contribution in [1.82, 2.24) is 5.32 Å². The Morgan fingerprint density at radius 1 is 1.48 bits per heavy atom. The molecule has 1 aromatic rings. The topological polar surface area (TPSA) is 81.5 Å². The summed E-state index contributed by atoms with van der Waals surface area (Å²) in [6, 6.07) is 4.26. The van der Waals surface area contributed by atoms with Crippen molar-refractivity contribution in [2.75, 3.05) is 7.11 Å². The van der Waals surface area contributed by atoms with Crippen LogP contribution in [-0.2, 0) is 16.1 Å². The van der Waals surface area contributed by atoms with Crippen LogP contribution in [0.2, 0.25) is 0 Å². The molecule has 1 atom stereocenters. The standard InChI is InChI=1S/C14H19BrN2O4/c1-9(2)6-12(14(18)21-3)16-8-10-7-11(15)4-5-13(10)17(19)20/h4-5,7,9,12,16H,6,8H2,1-3H3. The lowest BCUT2D eigenvalue weighted by molar-refractivity contribution is -0.385. The van der Waals surface area contributed by atoms with E-state index in [1.165, 1.54) is 13.2 Å². The van der Waals surface area contributed by atoms with Gasteiger partial charge in [-0.15, -0.1) is 0 Å². The molecule has 0 heterocycles.